The van der Waals surface area contributed by atoms with Crippen LogP contribution in [0.2, 0.25) is 0 Å². The van der Waals surface area contributed by atoms with Crippen LogP contribution >= 0.6 is 0 Å². The molecule has 23 heavy (non-hydrogen) atoms. The van der Waals surface area contributed by atoms with Crippen LogP contribution in [0.1, 0.15) is 11.1 Å². The van der Waals surface area contributed by atoms with Gasteiger partial charge in [-0.25, -0.2) is 13.2 Å². The van der Waals surface area contributed by atoms with E-state index in [1.165, 1.54) is 0 Å². The minimum atomic E-state index is -2.17. The summed E-state index contributed by atoms with van der Waals surface area (Å²) in [5.41, 5.74) is 15.0. The van der Waals surface area contributed by atoms with Gasteiger partial charge in [-0.05, 0) is 5.56 Å². The van der Waals surface area contributed by atoms with Crippen molar-refractivity contribution in [1.29, 1.82) is 0 Å². The van der Waals surface area contributed by atoms with E-state index in [1.807, 2.05) is 24.3 Å². The van der Waals surface area contributed by atoms with E-state index < -0.39 is 29.1 Å². The molecule has 2 nitrogen and oxygen atoms in total. The third-order valence-electron chi connectivity index (χ3n) is 2.52. The number of hydrogen-bond donors (Lipinski definition) is 1. The average Bonchev–Trinajstić information content (AvgIpc) is 2.51. The first-order valence-electron chi connectivity index (χ1n) is 5.87. The largest absolute Gasteiger partial charge is 2.00 e. The standard InChI is InChI=1S/C9H11N2.C6F5.Ca/c1-7(11)9-4-2-8(6-10)3-5-9;7-2-1-3(8)5(10)6(11)4(2)9;/h2-5,10H,1,6,11H2;;/q2*-1;+2. The third kappa shape index (κ3) is 6.10. The number of hydrogen-bond acceptors (Lipinski definition) is 1. The summed E-state index contributed by atoms with van der Waals surface area (Å²) >= 11 is 0. The average molecular weight is 354 g/mol. The molecule has 0 radical (unpaired) electrons. The van der Waals surface area contributed by atoms with E-state index in [-0.39, 0.29) is 37.7 Å². The Labute approximate surface area is 160 Å². The van der Waals surface area contributed by atoms with Crippen molar-refractivity contribution in [3.05, 3.63) is 82.9 Å². The molecule has 0 aromatic heterocycles. The third-order valence-corrected chi connectivity index (χ3v) is 2.52. The summed E-state index contributed by atoms with van der Waals surface area (Å²) in [7, 11) is 0. The van der Waals surface area contributed by atoms with Crippen molar-refractivity contribution in [2.75, 3.05) is 0 Å². The minimum absolute atomic E-state index is 0. The molecule has 8 heteroatoms. The van der Waals surface area contributed by atoms with Crippen molar-refractivity contribution >= 4 is 43.4 Å². The van der Waals surface area contributed by atoms with Gasteiger partial charge in [0.25, 0.3) is 0 Å². The molecule has 118 valence electrons. The Hall–Kier alpha value is -1.15. The molecule has 0 spiro atoms. The van der Waals surface area contributed by atoms with E-state index in [9.17, 15) is 22.0 Å². The topological polar surface area (TPSA) is 49.8 Å². The summed E-state index contributed by atoms with van der Waals surface area (Å²) in [5.74, 6) is -10.0. The maximum atomic E-state index is 12.0. The van der Waals surface area contributed by atoms with Gasteiger partial charge in [0.15, 0.2) is 0 Å². The second-order valence-corrected chi connectivity index (χ2v) is 4.09. The Morgan fingerprint density at radius 3 is 1.74 bits per heavy atom. The first-order chi connectivity index (χ1) is 10.3. The fraction of sp³-hybridized carbons (Fsp3) is 0.0667. The van der Waals surface area contributed by atoms with Crippen LogP contribution in [0.4, 0.5) is 22.0 Å². The molecule has 3 N–H and O–H groups in total. The summed E-state index contributed by atoms with van der Waals surface area (Å²) in [6.45, 7) is 3.93. The molecule has 0 atom stereocenters. The summed E-state index contributed by atoms with van der Waals surface area (Å²) < 4.78 is 59.9. The van der Waals surface area contributed by atoms with Gasteiger partial charge < -0.3 is 11.5 Å². The minimum Gasteiger partial charge on any atom is -0.674 e. The number of nitrogens with two attached hydrogens (primary N) is 1. The number of rotatable bonds is 2. The molecule has 0 aliphatic carbocycles. The predicted octanol–water partition coefficient (Wildman–Crippen LogP) is 3.97. The Balaban J connectivity index is 0.000000403. The maximum absolute atomic E-state index is 12.0. The van der Waals surface area contributed by atoms with Gasteiger partial charge in [-0.3, -0.25) is 8.78 Å². The van der Waals surface area contributed by atoms with Gasteiger partial charge in [-0.15, -0.1) is 12.6 Å². The summed E-state index contributed by atoms with van der Waals surface area (Å²) in [5, 5.41) is 0. The van der Waals surface area contributed by atoms with Crippen molar-refractivity contribution < 1.29 is 22.0 Å². The van der Waals surface area contributed by atoms with Crippen LogP contribution in [0.25, 0.3) is 11.4 Å². The Morgan fingerprint density at radius 1 is 0.957 bits per heavy atom. The van der Waals surface area contributed by atoms with Crippen LogP contribution in [0.3, 0.4) is 0 Å². The Kier molecular flexibility index (Phi) is 9.38. The van der Waals surface area contributed by atoms with E-state index in [1.54, 1.807) is 0 Å². The zero-order valence-corrected chi connectivity index (χ0v) is 14.1. The predicted molar refractivity (Wildman–Crippen MR) is 78.5 cm³/mol. The van der Waals surface area contributed by atoms with Gasteiger partial charge in [-0.2, -0.15) is 0 Å². The van der Waals surface area contributed by atoms with Crippen molar-refractivity contribution in [2.24, 2.45) is 5.73 Å². The molecule has 0 aliphatic rings. The number of nitrogens with one attached hydrogen (secondary N) is 1. The van der Waals surface area contributed by atoms with Gasteiger partial charge >= 0.3 is 37.7 Å². The Bertz CT molecular complexity index is 648. The van der Waals surface area contributed by atoms with Gasteiger partial charge in [-0.1, -0.05) is 36.4 Å². The van der Waals surface area contributed by atoms with Crippen molar-refractivity contribution in [1.82, 2.24) is 0 Å². The molecular weight excluding hydrogens is 343 g/mol. The van der Waals surface area contributed by atoms with Gasteiger partial charge in [0.1, 0.15) is 0 Å². The van der Waals surface area contributed by atoms with Crippen LogP contribution in [0, 0.1) is 35.2 Å². The molecule has 0 bridgehead atoms. The summed E-state index contributed by atoms with van der Waals surface area (Å²) in [6, 6.07) is 8.57. The molecule has 0 fully saturated rings. The van der Waals surface area contributed by atoms with Crippen molar-refractivity contribution in [3.63, 3.8) is 0 Å². The van der Waals surface area contributed by atoms with Crippen LogP contribution in [0.5, 0.6) is 0 Å². The monoisotopic (exact) mass is 354 g/mol. The smallest absolute Gasteiger partial charge is 0.674 e. The van der Waals surface area contributed by atoms with E-state index in [4.69, 9.17) is 11.5 Å². The molecular formula is C15H11CaF5N2. The van der Waals surface area contributed by atoms with E-state index in [0.29, 0.717) is 12.2 Å². The normalized spacial score (nSPS) is 9.48. The van der Waals surface area contributed by atoms with Crippen LogP contribution in [-0.4, -0.2) is 37.7 Å². The first-order valence-corrected chi connectivity index (χ1v) is 5.87. The zero-order valence-electron chi connectivity index (χ0n) is 11.9. The molecule has 0 unspecified atom stereocenters. The van der Waals surface area contributed by atoms with Crippen LogP contribution in [-0.2, 0) is 6.54 Å². The fourth-order valence-corrected chi connectivity index (χ4v) is 1.33. The van der Waals surface area contributed by atoms with Gasteiger partial charge in [0.2, 0.25) is 0 Å². The second kappa shape index (κ2) is 9.87. The fourth-order valence-electron chi connectivity index (χ4n) is 1.33. The number of halogens is 5. The molecule has 0 amide bonds. The number of benzene rings is 2. The molecule has 0 saturated carbocycles. The molecule has 0 saturated heterocycles. The molecule has 0 heterocycles. The van der Waals surface area contributed by atoms with E-state index in [0.717, 1.165) is 17.2 Å². The quantitative estimate of drug-likeness (QED) is 0.287. The molecule has 2 rings (SSSR count). The van der Waals surface area contributed by atoms with Crippen LogP contribution < -0.4 is 5.73 Å². The van der Waals surface area contributed by atoms with E-state index >= 15 is 0 Å². The summed E-state index contributed by atoms with van der Waals surface area (Å²) in [4.78, 5) is 0. The summed E-state index contributed by atoms with van der Waals surface area (Å²) in [6.07, 6.45) is 0. The van der Waals surface area contributed by atoms with Crippen molar-refractivity contribution in [3.8, 4) is 0 Å². The van der Waals surface area contributed by atoms with Gasteiger partial charge in [0, 0.05) is 5.70 Å². The maximum Gasteiger partial charge on any atom is 2.00 e. The Morgan fingerprint density at radius 2 is 1.39 bits per heavy atom. The second-order valence-electron chi connectivity index (χ2n) is 4.09. The molecule has 0 aliphatic heterocycles. The first kappa shape index (κ1) is 21.8. The van der Waals surface area contributed by atoms with Crippen LogP contribution in [0.15, 0.2) is 30.8 Å². The SMILES string of the molecule is C=C(N)c1ccc(C[NH-])cc1.Fc1[c-]c(F)c(F)c(F)c1F.[Ca+2]. The molecule has 2 aromatic rings. The molecule has 2 aromatic carbocycles. The van der Waals surface area contributed by atoms with E-state index in [2.05, 4.69) is 6.58 Å². The van der Waals surface area contributed by atoms with Gasteiger partial charge in [0.05, 0.1) is 29.1 Å². The zero-order chi connectivity index (χ0) is 16.9. The van der Waals surface area contributed by atoms with Crippen molar-refractivity contribution in [2.45, 2.75) is 6.54 Å².